The molecule has 0 saturated heterocycles. The SMILES string of the molecule is CCS(=O)(=O)CCOc1ccc([N+](=O)[O-])cc1CN. The molecule has 0 aliphatic rings. The van der Waals surface area contributed by atoms with Gasteiger partial charge in [-0.05, 0) is 6.07 Å². The summed E-state index contributed by atoms with van der Waals surface area (Å²) in [6, 6.07) is 4.05. The van der Waals surface area contributed by atoms with E-state index in [1.165, 1.54) is 18.2 Å². The van der Waals surface area contributed by atoms with Crippen molar-refractivity contribution in [1.82, 2.24) is 0 Å². The van der Waals surface area contributed by atoms with E-state index in [4.69, 9.17) is 10.5 Å². The van der Waals surface area contributed by atoms with Crippen molar-refractivity contribution in [1.29, 1.82) is 0 Å². The van der Waals surface area contributed by atoms with E-state index in [2.05, 4.69) is 0 Å². The van der Waals surface area contributed by atoms with E-state index in [9.17, 15) is 18.5 Å². The number of non-ortho nitro benzene ring substituents is 1. The molecule has 0 radical (unpaired) electrons. The smallest absolute Gasteiger partial charge is 0.270 e. The summed E-state index contributed by atoms with van der Waals surface area (Å²) in [6.45, 7) is 1.64. The van der Waals surface area contributed by atoms with E-state index in [1.54, 1.807) is 6.92 Å². The first kappa shape index (κ1) is 15.4. The van der Waals surface area contributed by atoms with Crippen LogP contribution in [0.4, 0.5) is 5.69 Å². The third-order valence-corrected chi connectivity index (χ3v) is 4.23. The van der Waals surface area contributed by atoms with Crippen molar-refractivity contribution in [3.63, 3.8) is 0 Å². The van der Waals surface area contributed by atoms with Gasteiger partial charge in [-0.1, -0.05) is 6.92 Å². The number of nitro groups is 1. The van der Waals surface area contributed by atoms with E-state index >= 15 is 0 Å². The van der Waals surface area contributed by atoms with Gasteiger partial charge in [-0.3, -0.25) is 10.1 Å². The number of nitrogens with two attached hydrogens (primary N) is 1. The molecular weight excluding hydrogens is 272 g/mol. The number of benzene rings is 1. The quantitative estimate of drug-likeness (QED) is 0.588. The molecule has 0 heterocycles. The van der Waals surface area contributed by atoms with Crippen LogP contribution in [0, 0.1) is 10.1 Å². The summed E-state index contributed by atoms with van der Waals surface area (Å²) in [4.78, 5) is 10.1. The number of sulfone groups is 1. The predicted molar refractivity (Wildman–Crippen MR) is 70.8 cm³/mol. The third kappa shape index (κ3) is 4.49. The zero-order valence-electron chi connectivity index (χ0n) is 10.5. The van der Waals surface area contributed by atoms with E-state index in [0.29, 0.717) is 11.3 Å². The molecule has 2 N–H and O–H groups in total. The first-order valence-electron chi connectivity index (χ1n) is 5.70. The lowest BCUT2D eigenvalue weighted by Crippen LogP contribution is -2.16. The van der Waals surface area contributed by atoms with E-state index in [0.717, 1.165) is 0 Å². The first-order chi connectivity index (χ1) is 8.89. The van der Waals surface area contributed by atoms with Crippen LogP contribution in [0.5, 0.6) is 5.75 Å². The first-order valence-corrected chi connectivity index (χ1v) is 7.52. The number of nitrogens with zero attached hydrogens (tertiary/aromatic N) is 1. The average molecular weight is 288 g/mol. The van der Waals surface area contributed by atoms with Gasteiger partial charge in [0.2, 0.25) is 0 Å². The molecule has 1 aromatic carbocycles. The van der Waals surface area contributed by atoms with Gasteiger partial charge in [0.05, 0.1) is 10.7 Å². The molecule has 0 aliphatic carbocycles. The summed E-state index contributed by atoms with van der Waals surface area (Å²) >= 11 is 0. The van der Waals surface area contributed by atoms with E-state index in [1.807, 2.05) is 0 Å². The Morgan fingerprint density at radius 3 is 2.63 bits per heavy atom. The molecule has 0 atom stereocenters. The van der Waals surface area contributed by atoms with Crippen LogP contribution < -0.4 is 10.5 Å². The molecule has 0 bridgehead atoms. The Morgan fingerprint density at radius 1 is 1.42 bits per heavy atom. The minimum atomic E-state index is -3.10. The lowest BCUT2D eigenvalue weighted by molar-refractivity contribution is -0.384. The van der Waals surface area contributed by atoms with Crippen molar-refractivity contribution < 1.29 is 18.1 Å². The normalized spacial score (nSPS) is 11.3. The average Bonchev–Trinajstić information content (AvgIpc) is 2.38. The third-order valence-electron chi connectivity index (χ3n) is 2.57. The molecule has 0 unspecified atom stereocenters. The van der Waals surface area contributed by atoms with Gasteiger partial charge in [0.25, 0.3) is 5.69 Å². The van der Waals surface area contributed by atoms with Crippen molar-refractivity contribution in [2.45, 2.75) is 13.5 Å². The van der Waals surface area contributed by atoms with Crippen LogP contribution in [0.1, 0.15) is 12.5 Å². The van der Waals surface area contributed by atoms with Crippen molar-refractivity contribution >= 4 is 15.5 Å². The van der Waals surface area contributed by atoms with Gasteiger partial charge in [0.1, 0.15) is 12.4 Å². The Balaban J connectivity index is 2.76. The Kier molecular flexibility index (Phi) is 5.25. The van der Waals surface area contributed by atoms with Crippen LogP contribution in [-0.2, 0) is 16.4 Å². The Labute approximate surface area is 111 Å². The van der Waals surface area contributed by atoms with Crippen LogP contribution in [0.25, 0.3) is 0 Å². The van der Waals surface area contributed by atoms with Crippen molar-refractivity contribution in [3.05, 3.63) is 33.9 Å². The molecule has 7 nitrogen and oxygen atoms in total. The summed E-state index contributed by atoms with van der Waals surface area (Å²) in [5.74, 6) is 0.338. The highest BCUT2D eigenvalue weighted by Crippen LogP contribution is 2.23. The number of rotatable bonds is 7. The molecule has 0 spiro atoms. The number of nitro benzene ring substituents is 1. The Morgan fingerprint density at radius 2 is 2.11 bits per heavy atom. The zero-order valence-corrected chi connectivity index (χ0v) is 11.4. The van der Waals surface area contributed by atoms with Gasteiger partial charge in [-0.15, -0.1) is 0 Å². The molecule has 1 aromatic rings. The highest BCUT2D eigenvalue weighted by atomic mass is 32.2. The molecule has 8 heteroatoms. The minimum Gasteiger partial charge on any atom is -0.492 e. The second kappa shape index (κ2) is 6.48. The summed E-state index contributed by atoms with van der Waals surface area (Å²) in [7, 11) is -3.10. The Bertz CT molecular complexity index is 556. The lowest BCUT2D eigenvalue weighted by atomic mass is 10.2. The van der Waals surface area contributed by atoms with Gasteiger partial charge >= 0.3 is 0 Å². The van der Waals surface area contributed by atoms with Crippen LogP contribution >= 0.6 is 0 Å². The summed E-state index contributed by atoms with van der Waals surface area (Å²) in [6.07, 6.45) is 0. The fourth-order valence-electron chi connectivity index (χ4n) is 1.40. The summed E-state index contributed by atoms with van der Waals surface area (Å²) in [5, 5.41) is 10.6. The fraction of sp³-hybridized carbons (Fsp3) is 0.455. The monoisotopic (exact) mass is 288 g/mol. The van der Waals surface area contributed by atoms with Crippen molar-refractivity contribution in [3.8, 4) is 5.75 Å². The molecule has 0 aliphatic heterocycles. The van der Waals surface area contributed by atoms with E-state index in [-0.39, 0.29) is 30.3 Å². The van der Waals surface area contributed by atoms with Gasteiger partial charge < -0.3 is 10.5 Å². The standard InChI is InChI=1S/C11H16N2O5S/c1-2-19(16,17)6-5-18-11-4-3-10(13(14)15)7-9(11)8-12/h3-4,7H,2,5-6,8,12H2,1H3. The van der Waals surface area contributed by atoms with Crippen molar-refractivity contribution in [2.75, 3.05) is 18.1 Å². The lowest BCUT2D eigenvalue weighted by Gasteiger charge is -2.10. The molecule has 0 aromatic heterocycles. The van der Waals surface area contributed by atoms with Gasteiger partial charge in [-0.25, -0.2) is 8.42 Å². The largest absolute Gasteiger partial charge is 0.492 e. The maximum Gasteiger partial charge on any atom is 0.270 e. The highest BCUT2D eigenvalue weighted by molar-refractivity contribution is 7.91. The minimum absolute atomic E-state index is 0.000976. The van der Waals surface area contributed by atoms with E-state index < -0.39 is 14.8 Å². The maximum atomic E-state index is 11.3. The molecule has 1 rings (SSSR count). The highest BCUT2D eigenvalue weighted by Gasteiger charge is 2.12. The van der Waals surface area contributed by atoms with Crippen molar-refractivity contribution in [2.24, 2.45) is 5.73 Å². The summed E-state index contributed by atoms with van der Waals surface area (Å²) in [5.41, 5.74) is 5.88. The maximum absolute atomic E-state index is 11.3. The Hall–Kier alpha value is -1.67. The second-order valence-corrected chi connectivity index (χ2v) is 6.31. The molecule has 0 fully saturated rings. The van der Waals surface area contributed by atoms with Crippen LogP contribution in [-0.4, -0.2) is 31.5 Å². The molecular formula is C11H16N2O5S. The molecule has 0 amide bonds. The molecule has 19 heavy (non-hydrogen) atoms. The fourth-order valence-corrected chi connectivity index (χ4v) is 2.03. The zero-order chi connectivity index (χ0) is 14.5. The van der Waals surface area contributed by atoms with Crippen LogP contribution in [0.15, 0.2) is 18.2 Å². The summed E-state index contributed by atoms with van der Waals surface area (Å²) < 4.78 is 27.9. The van der Waals surface area contributed by atoms with Crippen LogP contribution in [0.2, 0.25) is 0 Å². The van der Waals surface area contributed by atoms with Gasteiger partial charge in [0.15, 0.2) is 9.84 Å². The molecule has 0 saturated carbocycles. The number of ether oxygens (including phenoxy) is 1. The number of hydrogen-bond donors (Lipinski definition) is 1. The van der Waals surface area contributed by atoms with Gasteiger partial charge in [-0.2, -0.15) is 0 Å². The topological polar surface area (TPSA) is 113 Å². The second-order valence-electron chi connectivity index (χ2n) is 3.84. The van der Waals surface area contributed by atoms with Gasteiger partial charge in [0, 0.05) is 30.0 Å². The number of hydrogen-bond acceptors (Lipinski definition) is 6. The predicted octanol–water partition coefficient (Wildman–Crippen LogP) is 0.867. The molecule has 106 valence electrons. The van der Waals surface area contributed by atoms with Crippen LogP contribution in [0.3, 0.4) is 0 Å².